The Bertz CT molecular complexity index is 518. The zero-order valence-corrected chi connectivity index (χ0v) is 12.3. The lowest BCUT2D eigenvalue weighted by atomic mass is 9.99. The first kappa shape index (κ1) is 15.5. The Balaban J connectivity index is 2.19. The molecule has 0 saturated carbocycles. The molecular formula is C14H20FN3O3. The van der Waals surface area contributed by atoms with Crippen molar-refractivity contribution in [3.05, 3.63) is 28.1 Å². The van der Waals surface area contributed by atoms with Crippen LogP contribution in [0.25, 0.3) is 0 Å². The average Bonchev–Trinajstić information content (AvgIpc) is 2.47. The van der Waals surface area contributed by atoms with E-state index in [9.17, 15) is 14.5 Å². The number of halogens is 1. The van der Waals surface area contributed by atoms with Crippen molar-refractivity contribution in [2.45, 2.75) is 12.8 Å². The molecule has 6 nitrogen and oxygen atoms in total. The van der Waals surface area contributed by atoms with Crippen molar-refractivity contribution in [2.24, 2.45) is 5.92 Å². The first-order valence-electron chi connectivity index (χ1n) is 6.96. The van der Waals surface area contributed by atoms with Crippen molar-refractivity contribution in [3.63, 3.8) is 0 Å². The lowest BCUT2D eigenvalue weighted by Crippen LogP contribution is -2.37. The lowest BCUT2D eigenvalue weighted by molar-refractivity contribution is -0.385. The van der Waals surface area contributed by atoms with Crippen LogP contribution in [-0.2, 0) is 0 Å². The molecule has 1 aromatic carbocycles. The largest absolute Gasteiger partial charge is 0.490 e. The maximum atomic E-state index is 14.1. The van der Waals surface area contributed by atoms with Gasteiger partial charge in [-0.15, -0.1) is 0 Å². The van der Waals surface area contributed by atoms with Gasteiger partial charge in [0.2, 0.25) is 0 Å². The van der Waals surface area contributed by atoms with E-state index in [1.165, 1.54) is 13.2 Å². The number of hydrogen-bond acceptors (Lipinski definition) is 5. The lowest BCUT2D eigenvalue weighted by Gasteiger charge is -2.29. The summed E-state index contributed by atoms with van der Waals surface area (Å²) in [7, 11) is 3.13. The van der Waals surface area contributed by atoms with E-state index in [2.05, 4.69) is 5.32 Å². The summed E-state index contributed by atoms with van der Waals surface area (Å²) in [4.78, 5) is 12.0. The van der Waals surface area contributed by atoms with Crippen molar-refractivity contribution in [2.75, 3.05) is 38.7 Å². The van der Waals surface area contributed by atoms with Gasteiger partial charge in [-0.1, -0.05) is 0 Å². The third-order valence-corrected chi connectivity index (χ3v) is 3.79. The monoisotopic (exact) mass is 297 g/mol. The van der Waals surface area contributed by atoms with Crippen molar-refractivity contribution >= 4 is 11.4 Å². The van der Waals surface area contributed by atoms with Crippen LogP contribution in [0.1, 0.15) is 12.8 Å². The van der Waals surface area contributed by atoms with Crippen LogP contribution in [0.5, 0.6) is 5.75 Å². The van der Waals surface area contributed by atoms with Gasteiger partial charge in [-0.05, 0) is 31.8 Å². The van der Waals surface area contributed by atoms with E-state index in [4.69, 9.17) is 4.74 Å². The minimum atomic E-state index is -0.642. The van der Waals surface area contributed by atoms with Crippen molar-refractivity contribution in [1.29, 1.82) is 0 Å². The molecule has 1 saturated heterocycles. The number of nitro benzene ring substituents is 1. The van der Waals surface area contributed by atoms with Gasteiger partial charge >= 0.3 is 5.69 Å². The van der Waals surface area contributed by atoms with Crippen LogP contribution in [0.2, 0.25) is 0 Å². The zero-order chi connectivity index (χ0) is 15.4. The molecule has 0 aliphatic carbocycles. The molecule has 0 spiro atoms. The molecule has 0 bridgehead atoms. The van der Waals surface area contributed by atoms with E-state index in [1.807, 2.05) is 0 Å². The number of piperidine rings is 1. The minimum Gasteiger partial charge on any atom is -0.490 e. The first-order chi connectivity index (χ1) is 10.0. The fraction of sp³-hybridized carbons (Fsp3) is 0.571. The van der Waals surface area contributed by atoms with Gasteiger partial charge in [-0.2, -0.15) is 0 Å². The summed E-state index contributed by atoms with van der Waals surface area (Å²) >= 11 is 0. The molecule has 1 unspecified atom stereocenters. The number of hydrogen-bond donors (Lipinski definition) is 1. The molecule has 1 heterocycles. The van der Waals surface area contributed by atoms with Crippen LogP contribution in [0.4, 0.5) is 15.8 Å². The molecule has 1 atom stereocenters. The Morgan fingerprint density at radius 3 is 2.90 bits per heavy atom. The predicted octanol–water partition coefficient (Wildman–Crippen LogP) is 2.18. The van der Waals surface area contributed by atoms with E-state index in [1.54, 1.807) is 11.9 Å². The number of rotatable bonds is 5. The molecule has 0 radical (unpaired) electrons. The summed E-state index contributed by atoms with van der Waals surface area (Å²) in [6, 6.07) is 2.31. The van der Waals surface area contributed by atoms with Gasteiger partial charge in [0.1, 0.15) is 0 Å². The highest BCUT2D eigenvalue weighted by Gasteiger charge is 2.22. The van der Waals surface area contributed by atoms with Crippen LogP contribution in [0.15, 0.2) is 12.1 Å². The van der Waals surface area contributed by atoms with Crippen LogP contribution < -0.4 is 15.0 Å². The van der Waals surface area contributed by atoms with Crippen LogP contribution in [-0.4, -0.2) is 38.7 Å². The molecule has 7 heteroatoms. The Kier molecular flexibility index (Phi) is 4.95. The van der Waals surface area contributed by atoms with Gasteiger partial charge in [0.15, 0.2) is 11.6 Å². The second-order valence-corrected chi connectivity index (χ2v) is 5.33. The Labute approximate surface area is 123 Å². The average molecular weight is 297 g/mol. The van der Waals surface area contributed by atoms with E-state index >= 15 is 0 Å². The molecule has 1 fully saturated rings. The fourth-order valence-corrected chi connectivity index (χ4v) is 2.70. The molecule has 1 aliphatic heterocycles. The summed E-state index contributed by atoms with van der Waals surface area (Å²) in [5.74, 6) is -0.0804. The smallest absolute Gasteiger partial charge is 0.313 e. The maximum Gasteiger partial charge on any atom is 0.313 e. The van der Waals surface area contributed by atoms with Crippen molar-refractivity contribution in [3.8, 4) is 5.75 Å². The van der Waals surface area contributed by atoms with Crippen LogP contribution in [0, 0.1) is 21.8 Å². The van der Waals surface area contributed by atoms with E-state index in [0.29, 0.717) is 18.2 Å². The fourth-order valence-electron chi connectivity index (χ4n) is 2.70. The van der Waals surface area contributed by atoms with Crippen molar-refractivity contribution in [1.82, 2.24) is 5.32 Å². The van der Waals surface area contributed by atoms with E-state index in [-0.39, 0.29) is 11.4 Å². The standard InChI is InChI=1S/C14H20FN3O3/c1-17(9-10-4-3-5-16-8-10)12-7-14(21-2)13(18(19)20)6-11(12)15/h6-7,10,16H,3-5,8-9H2,1-2H3. The molecule has 2 rings (SSSR count). The molecule has 0 amide bonds. The molecule has 1 aliphatic rings. The van der Waals surface area contributed by atoms with Crippen molar-refractivity contribution < 1.29 is 14.1 Å². The molecule has 21 heavy (non-hydrogen) atoms. The second-order valence-electron chi connectivity index (χ2n) is 5.33. The molecule has 0 aromatic heterocycles. The summed E-state index contributed by atoms with van der Waals surface area (Å²) in [5.41, 5.74) is -0.0329. The predicted molar refractivity (Wildman–Crippen MR) is 78.5 cm³/mol. The normalized spacial score (nSPS) is 18.3. The Hall–Kier alpha value is -1.89. The number of nitrogens with one attached hydrogen (secondary N) is 1. The highest BCUT2D eigenvalue weighted by atomic mass is 19.1. The minimum absolute atomic E-state index is 0.0741. The van der Waals surface area contributed by atoms with Gasteiger partial charge in [0.05, 0.1) is 23.8 Å². The zero-order valence-electron chi connectivity index (χ0n) is 12.3. The number of anilines is 1. The molecule has 116 valence electrons. The van der Waals surface area contributed by atoms with E-state index in [0.717, 1.165) is 32.0 Å². The van der Waals surface area contributed by atoms with E-state index < -0.39 is 10.7 Å². The highest BCUT2D eigenvalue weighted by Crippen LogP contribution is 2.34. The Morgan fingerprint density at radius 2 is 2.33 bits per heavy atom. The SMILES string of the molecule is COc1cc(N(C)CC2CCCNC2)c(F)cc1[N+](=O)[O-]. The number of methoxy groups -OCH3 is 1. The maximum absolute atomic E-state index is 14.1. The van der Waals surface area contributed by atoms with Gasteiger partial charge in [0, 0.05) is 19.7 Å². The molecule has 1 aromatic rings. The molecular weight excluding hydrogens is 277 g/mol. The number of benzene rings is 1. The third-order valence-electron chi connectivity index (χ3n) is 3.79. The van der Waals surface area contributed by atoms with Gasteiger partial charge in [-0.3, -0.25) is 10.1 Å². The summed E-state index contributed by atoms with van der Waals surface area (Å²) < 4.78 is 19.1. The second kappa shape index (κ2) is 6.71. The third kappa shape index (κ3) is 3.60. The van der Waals surface area contributed by atoms with Crippen LogP contribution in [0.3, 0.4) is 0 Å². The number of nitro groups is 1. The quantitative estimate of drug-likeness (QED) is 0.666. The topological polar surface area (TPSA) is 67.6 Å². The summed E-state index contributed by atoms with van der Waals surface area (Å²) in [6.45, 7) is 2.64. The summed E-state index contributed by atoms with van der Waals surface area (Å²) in [6.07, 6.45) is 2.22. The Morgan fingerprint density at radius 1 is 1.57 bits per heavy atom. The summed E-state index contributed by atoms with van der Waals surface area (Å²) in [5, 5.41) is 14.2. The van der Waals surface area contributed by atoms with Gasteiger partial charge in [-0.25, -0.2) is 4.39 Å². The van der Waals surface area contributed by atoms with Crippen LogP contribution >= 0.6 is 0 Å². The van der Waals surface area contributed by atoms with Gasteiger partial charge in [0.25, 0.3) is 0 Å². The number of nitrogens with zero attached hydrogens (tertiary/aromatic N) is 2. The first-order valence-corrected chi connectivity index (χ1v) is 6.96. The molecule has 1 N–H and O–H groups in total. The highest BCUT2D eigenvalue weighted by molar-refractivity contribution is 5.60. The van der Waals surface area contributed by atoms with Gasteiger partial charge < -0.3 is 15.0 Å². The number of ether oxygens (including phenoxy) is 1.